The van der Waals surface area contributed by atoms with Crippen LogP contribution in [0.2, 0.25) is 0 Å². The van der Waals surface area contributed by atoms with Crippen molar-refractivity contribution in [2.24, 2.45) is 29.6 Å². The molecular weight excluding hydrogens is 1060 g/mol. The molecule has 1 aromatic carbocycles. The molecule has 3 rings (SSSR count). The van der Waals surface area contributed by atoms with Gasteiger partial charge in [-0.1, -0.05) is 102 Å². The van der Waals surface area contributed by atoms with Crippen LogP contribution in [0.4, 0.5) is 0 Å². The van der Waals surface area contributed by atoms with Gasteiger partial charge < -0.3 is 35.4 Å². The number of ether oxygens (including phenoxy) is 2. The fourth-order valence-corrected chi connectivity index (χ4v) is 12.3. The smallest absolute Gasteiger partial charge is 0.307 e. The molecule has 0 spiro atoms. The standard InChI is InChI=1S/C57H88N6O12S3/c1-12-37(7)44(30-50(68)47-17-14-15-25-62(47)11)57(73)63(34-74-53(70)27-35(3)4)48(36(5)6)31-51(75-40(10)65)56-61-45(32-76-56)55(72)59-42(29-41-19-21-43(66)22-20-41)28-38(8)49(67)18-16-26-77-78-33-46(60-52(69)13-2)54(71)58-24-23-39(9)64/h19-22,32,35-38,42,44,46-48,51,66H,12-18,23-31,33-34H2,1-11H3,(H,58,71)(H,59,72)(H,60,69)/t37-,38?,42+,44-,46-,47+,48+,51+/m0/s1. The minimum atomic E-state index is -1.02. The van der Waals surface area contributed by atoms with Crippen molar-refractivity contribution in [1.82, 2.24) is 30.7 Å². The lowest BCUT2D eigenvalue weighted by atomic mass is 9.82. The van der Waals surface area contributed by atoms with Gasteiger partial charge in [0.05, 0.1) is 6.04 Å². The van der Waals surface area contributed by atoms with Crippen LogP contribution in [0, 0.1) is 29.6 Å². The first kappa shape index (κ1) is 67.4. The minimum Gasteiger partial charge on any atom is -0.508 e. The molecule has 1 unspecified atom stereocenters. The highest BCUT2D eigenvalue weighted by molar-refractivity contribution is 8.76. The Morgan fingerprint density at radius 1 is 0.910 bits per heavy atom. The number of carbonyl (C=O) groups excluding carboxylic acids is 9. The highest BCUT2D eigenvalue weighted by Gasteiger charge is 2.40. The molecule has 21 heteroatoms. The summed E-state index contributed by atoms with van der Waals surface area (Å²) in [6.07, 6.45) is 4.36. The van der Waals surface area contributed by atoms with E-state index in [4.69, 9.17) is 14.5 Å². The highest BCUT2D eigenvalue weighted by atomic mass is 33.1. The number of aromatic hydroxyl groups is 1. The van der Waals surface area contributed by atoms with Crippen LogP contribution in [0.1, 0.15) is 173 Å². The lowest BCUT2D eigenvalue weighted by Gasteiger charge is -2.39. The van der Waals surface area contributed by atoms with E-state index in [0.29, 0.717) is 42.2 Å². The van der Waals surface area contributed by atoms with Gasteiger partial charge in [-0.3, -0.25) is 48.1 Å². The van der Waals surface area contributed by atoms with Crippen LogP contribution in [0.3, 0.4) is 0 Å². The number of hydrogen-bond acceptors (Lipinski definition) is 17. The van der Waals surface area contributed by atoms with Crippen LogP contribution in [0.25, 0.3) is 0 Å². The first-order chi connectivity index (χ1) is 36.9. The molecule has 0 bridgehead atoms. The number of piperidine rings is 1. The third-order valence-corrected chi connectivity index (χ3v) is 17.5. The predicted octanol–water partition coefficient (Wildman–Crippen LogP) is 8.44. The molecule has 18 nitrogen and oxygen atoms in total. The number of nitrogens with zero attached hydrogens (tertiary/aromatic N) is 3. The number of aromatic nitrogens is 1. The lowest BCUT2D eigenvalue weighted by molar-refractivity contribution is -0.162. The van der Waals surface area contributed by atoms with E-state index in [2.05, 4.69) is 20.9 Å². The van der Waals surface area contributed by atoms with Crippen LogP contribution in [-0.4, -0.2) is 135 Å². The number of carbonyl (C=O) groups is 9. The Balaban J connectivity index is 1.82. The molecular formula is C57H88N6O12S3. The molecule has 8 atom stereocenters. The van der Waals surface area contributed by atoms with E-state index in [1.807, 2.05) is 55.5 Å². The minimum absolute atomic E-state index is 0.00297. The monoisotopic (exact) mass is 1140 g/mol. The number of esters is 2. The number of hydrogen-bond donors (Lipinski definition) is 4. The SMILES string of the molecule is CCC(=O)N[C@@H](CSSCCCC(=O)C(C)C[C@H](Cc1ccc(O)cc1)NC(=O)c1csc([C@@H](C[C@H](C(C)C)N(COC(=O)CC(C)C)C(=O)[C@@H](CC(=O)[C@H]2CCCCN2C)[C@@H](C)CC)OC(C)=O)n1)C(=O)NCCC(C)=O. The first-order valence-corrected chi connectivity index (χ1v) is 31.0. The normalized spacial score (nSPS) is 16.4. The van der Waals surface area contributed by atoms with E-state index in [1.165, 1.54) is 40.3 Å². The average molecular weight is 1150 g/mol. The molecule has 4 N–H and O–H groups in total. The quantitative estimate of drug-likeness (QED) is 0.0216. The van der Waals surface area contributed by atoms with Gasteiger partial charge in [-0.15, -0.1) is 11.3 Å². The number of Topliss-reactive ketones (excluding diaryl/α,β-unsaturated/α-hetero) is 3. The summed E-state index contributed by atoms with van der Waals surface area (Å²) >= 11 is 1.12. The van der Waals surface area contributed by atoms with Crippen molar-refractivity contribution in [3.05, 3.63) is 45.9 Å². The maximum Gasteiger partial charge on any atom is 0.307 e. The van der Waals surface area contributed by atoms with Crippen LogP contribution in [0.5, 0.6) is 5.75 Å². The van der Waals surface area contributed by atoms with Crippen molar-refractivity contribution < 1.29 is 57.7 Å². The number of nitrogens with one attached hydrogen (secondary N) is 3. The zero-order valence-corrected chi connectivity index (χ0v) is 50.3. The van der Waals surface area contributed by atoms with Gasteiger partial charge in [-0.25, -0.2) is 4.98 Å². The number of phenols is 1. The number of likely N-dealkylation sites (N-methyl/N-ethyl adjacent to an activating group) is 1. The molecule has 2 aromatic rings. The van der Waals surface area contributed by atoms with Gasteiger partial charge in [-0.2, -0.15) is 0 Å². The molecule has 2 heterocycles. The molecule has 4 amide bonds. The van der Waals surface area contributed by atoms with E-state index in [0.717, 1.165) is 42.7 Å². The van der Waals surface area contributed by atoms with Crippen molar-refractivity contribution in [2.75, 3.05) is 38.4 Å². The van der Waals surface area contributed by atoms with Crippen molar-refractivity contribution in [3.63, 3.8) is 0 Å². The predicted molar refractivity (Wildman–Crippen MR) is 306 cm³/mol. The highest BCUT2D eigenvalue weighted by Crippen LogP contribution is 2.34. The summed E-state index contributed by atoms with van der Waals surface area (Å²) < 4.78 is 11.7. The molecule has 0 aliphatic carbocycles. The zero-order chi connectivity index (χ0) is 58.1. The second-order valence-electron chi connectivity index (χ2n) is 21.5. The molecule has 1 aromatic heterocycles. The first-order valence-electron chi connectivity index (χ1n) is 27.7. The van der Waals surface area contributed by atoms with Gasteiger partial charge in [-0.05, 0) is 88.1 Å². The molecule has 1 aliphatic rings. The molecule has 0 saturated carbocycles. The summed E-state index contributed by atoms with van der Waals surface area (Å²) in [5.74, 6) is -3.22. The topological polar surface area (TPSA) is 248 Å². The maximum atomic E-state index is 15.1. The van der Waals surface area contributed by atoms with Gasteiger partial charge >= 0.3 is 11.9 Å². The largest absolute Gasteiger partial charge is 0.508 e. The van der Waals surface area contributed by atoms with Crippen molar-refractivity contribution in [2.45, 2.75) is 183 Å². The summed E-state index contributed by atoms with van der Waals surface area (Å²) in [6.45, 7) is 18.4. The van der Waals surface area contributed by atoms with Gasteiger partial charge in [0.1, 0.15) is 34.1 Å². The number of thiazole rings is 1. The Hall–Kier alpha value is -4.86. The van der Waals surface area contributed by atoms with E-state index < -0.39 is 53.9 Å². The van der Waals surface area contributed by atoms with Gasteiger partial charge in [0.2, 0.25) is 17.7 Å². The number of likely N-dealkylation sites (tertiary alicyclic amines) is 1. The Bertz CT molecular complexity index is 2280. The Kier molecular flexibility index (Phi) is 30.2. The summed E-state index contributed by atoms with van der Waals surface area (Å²) in [7, 11) is 4.84. The molecule has 1 saturated heterocycles. The van der Waals surface area contributed by atoms with Gasteiger partial charge in [0, 0.05) is 92.8 Å². The van der Waals surface area contributed by atoms with Crippen molar-refractivity contribution in [3.8, 4) is 5.75 Å². The van der Waals surface area contributed by atoms with Gasteiger partial charge in [0.25, 0.3) is 5.91 Å². The Morgan fingerprint density at radius 2 is 1.62 bits per heavy atom. The summed E-state index contributed by atoms with van der Waals surface area (Å²) in [5, 5.41) is 20.4. The second kappa shape index (κ2) is 35.0. The molecule has 1 aliphatic heterocycles. The number of benzene rings is 1. The molecule has 0 radical (unpaired) electrons. The molecule has 436 valence electrons. The van der Waals surface area contributed by atoms with Crippen molar-refractivity contribution in [1.29, 1.82) is 0 Å². The second-order valence-corrected chi connectivity index (χ2v) is 25.0. The van der Waals surface area contributed by atoms with Crippen LogP contribution in [0.15, 0.2) is 29.6 Å². The number of rotatable bonds is 36. The zero-order valence-electron chi connectivity index (χ0n) is 47.9. The van der Waals surface area contributed by atoms with Gasteiger partial charge in [0.15, 0.2) is 18.6 Å². The number of amides is 4. The fraction of sp³-hybridized carbons (Fsp3) is 0.684. The van der Waals surface area contributed by atoms with E-state index in [9.17, 15) is 43.5 Å². The lowest BCUT2D eigenvalue weighted by Crippen LogP contribution is -2.50. The Labute approximate surface area is 474 Å². The number of phenolic OH excluding ortho intramolecular Hbond substituents is 1. The summed E-state index contributed by atoms with van der Waals surface area (Å²) in [4.78, 5) is 127. The van der Waals surface area contributed by atoms with E-state index in [-0.39, 0.29) is 122 Å². The molecule has 1 fully saturated rings. The summed E-state index contributed by atoms with van der Waals surface area (Å²) in [5.41, 5.74) is 0.872. The van der Waals surface area contributed by atoms with Crippen LogP contribution < -0.4 is 16.0 Å². The summed E-state index contributed by atoms with van der Waals surface area (Å²) in [6, 6.07) is 4.33. The Morgan fingerprint density at radius 3 is 2.23 bits per heavy atom. The van der Waals surface area contributed by atoms with Crippen LogP contribution >= 0.6 is 32.9 Å². The fourth-order valence-electron chi connectivity index (χ4n) is 9.26. The molecule has 78 heavy (non-hydrogen) atoms. The van der Waals surface area contributed by atoms with Crippen molar-refractivity contribution >= 4 is 85.8 Å². The van der Waals surface area contributed by atoms with Crippen LogP contribution in [-0.2, 0) is 54.3 Å². The maximum absolute atomic E-state index is 15.1. The third-order valence-electron chi connectivity index (χ3n) is 14.1. The average Bonchev–Trinajstić information content (AvgIpc) is 3.88. The van der Waals surface area contributed by atoms with E-state index in [1.54, 1.807) is 36.6 Å². The van der Waals surface area contributed by atoms with E-state index >= 15 is 4.79 Å². The number of ketones is 3. The third kappa shape index (κ3) is 23.8.